The number of benzene rings is 3. The number of halogens is 3. The molecule has 4 heteroatoms. The number of carbonyl (C=O) groups excluding carboxylic acids is 1. The maximum absolute atomic E-state index is 14.6. The van der Waals surface area contributed by atoms with Gasteiger partial charge in [-0.25, -0.2) is 13.2 Å². The van der Waals surface area contributed by atoms with Crippen molar-refractivity contribution in [3.63, 3.8) is 0 Å². The summed E-state index contributed by atoms with van der Waals surface area (Å²) < 4.78 is 42.1. The Kier molecular flexibility index (Phi) is 5.21. The Morgan fingerprint density at radius 2 is 1.35 bits per heavy atom. The van der Waals surface area contributed by atoms with Crippen LogP contribution >= 0.6 is 0 Å². The monoisotopic (exact) mass is 354 g/mol. The minimum atomic E-state index is -1.01. The second-order valence-corrected chi connectivity index (χ2v) is 6.11. The minimum Gasteiger partial charge on any atom is -0.298 e. The van der Waals surface area contributed by atoms with Crippen molar-refractivity contribution in [3.8, 4) is 22.3 Å². The summed E-state index contributed by atoms with van der Waals surface area (Å²) in [6, 6.07) is 14.3. The fourth-order valence-electron chi connectivity index (χ4n) is 2.93. The summed E-state index contributed by atoms with van der Waals surface area (Å²) in [5, 5.41) is 0. The van der Waals surface area contributed by atoms with E-state index in [-0.39, 0.29) is 17.4 Å². The van der Waals surface area contributed by atoms with E-state index in [0.29, 0.717) is 5.56 Å². The summed E-state index contributed by atoms with van der Waals surface area (Å²) in [5.74, 6) is -2.60. The van der Waals surface area contributed by atoms with Crippen LogP contribution in [0.25, 0.3) is 22.3 Å². The van der Waals surface area contributed by atoms with Crippen LogP contribution in [0.3, 0.4) is 0 Å². The molecule has 0 amide bonds. The largest absolute Gasteiger partial charge is 0.298 e. The van der Waals surface area contributed by atoms with E-state index >= 15 is 0 Å². The molecule has 0 saturated carbocycles. The summed E-state index contributed by atoms with van der Waals surface area (Å²) in [5.41, 5.74) is 2.23. The zero-order valence-corrected chi connectivity index (χ0v) is 14.2. The molecular weight excluding hydrogens is 337 g/mol. The standard InChI is InChI=1S/C22H17F3O/c1-2-3-14-4-6-15(7-5-14)16-8-9-18(20(23)10-16)17-11-21(24)19(13-26)22(25)12-17/h4-13H,2-3H2,1H3. The molecule has 0 spiro atoms. The maximum Gasteiger partial charge on any atom is 0.155 e. The highest BCUT2D eigenvalue weighted by Crippen LogP contribution is 2.30. The van der Waals surface area contributed by atoms with Crippen molar-refractivity contribution >= 4 is 6.29 Å². The summed E-state index contributed by atoms with van der Waals surface area (Å²) in [6.45, 7) is 2.11. The molecule has 0 bridgehead atoms. The Hall–Kier alpha value is -2.88. The van der Waals surface area contributed by atoms with Crippen molar-refractivity contribution in [2.75, 3.05) is 0 Å². The van der Waals surface area contributed by atoms with Crippen molar-refractivity contribution in [1.82, 2.24) is 0 Å². The van der Waals surface area contributed by atoms with Crippen LogP contribution in [0.15, 0.2) is 54.6 Å². The van der Waals surface area contributed by atoms with Crippen molar-refractivity contribution in [2.45, 2.75) is 19.8 Å². The first-order valence-electron chi connectivity index (χ1n) is 8.37. The molecule has 3 aromatic rings. The number of aryl methyl sites for hydroxylation is 1. The molecule has 0 aromatic heterocycles. The van der Waals surface area contributed by atoms with E-state index in [1.165, 1.54) is 17.7 Å². The van der Waals surface area contributed by atoms with Gasteiger partial charge in [0.1, 0.15) is 17.5 Å². The molecule has 3 rings (SSSR count). The molecule has 0 aliphatic carbocycles. The Labute approximate surface area is 150 Å². The zero-order valence-electron chi connectivity index (χ0n) is 14.2. The van der Waals surface area contributed by atoms with Gasteiger partial charge in [0.15, 0.2) is 6.29 Å². The molecule has 26 heavy (non-hydrogen) atoms. The van der Waals surface area contributed by atoms with Gasteiger partial charge in [-0.15, -0.1) is 0 Å². The van der Waals surface area contributed by atoms with Gasteiger partial charge in [-0.3, -0.25) is 4.79 Å². The normalized spacial score (nSPS) is 10.8. The zero-order chi connectivity index (χ0) is 18.7. The number of aldehydes is 1. The Morgan fingerprint density at radius 1 is 0.769 bits per heavy atom. The van der Waals surface area contributed by atoms with Crippen molar-refractivity contribution in [3.05, 3.63) is 83.2 Å². The van der Waals surface area contributed by atoms with Crippen LogP contribution in [0.1, 0.15) is 29.3 Å². The molecule has 0 atom stereocenters. The lowest BCUT2D eigenvalue weighted by atomic mass is 9.97. The lowest BCUT2D eigenvalue weighted by Gasteiger charge is -2.09. The molecule has 0 fully saturated rings. The molecule has 0 saturated heterocycles. The smallest absolute Gasteiger partial charge is 0.155 e. The van der Waals surface area contributed by atoms with E-state index in [2.05, 4.69) is 6.92 Å². The van der Waals surface area contributed by atoms with Gasteiger partial charge >= 0.3 is 0 Å². The molecule has 0 heterocycles. The van der Waals surface area contributed by atoms with Crippen molar-refractivity contribution < 1.29 is 18.0 Å². The third kappa shape index (κ3) is 3.54. The molecule has 0 aliphatic rings. The number of hydrogen-bond donors (Lipinski definition) is 0. The van der Waals surface area contributed by atoms with Crippen molar-refractivity contribution in [2.24, 2.45) is 0 Å². The first kappa shape index (κ1) is 17.9. The van der Waals surface area contributed by atoms with Gasteiger partial charge in [0.2, 0.25) is 0 Å². The predicted molar refractivity (Wildman–Crippen MR) is 96.6 cm³/mol. The Balaban J connectivity index is 1.96. The third-order valence-electron chi connectivity index (χ3n) is 4.30. The lowest BCUT2D eigenvalue weighted by molar-refractivity contribution is 0.111. The van der Waals surface area contributed by atoms with E-state index in [4.69, 9.17) is 0 Å². The minimum absolute atomic E-state index is 0.0490. The quantitative estimate of drug-likeness (QED) is 0.498. The first-order valence-corrected chi connectivity index (χ1v) is 8.37. The molecule has 0 aliphatic heterocycles. The molecule has 1 nitrogen and oxygen atoms in total. The average molecular weight is 354 g/mol. The van der Waals surface area contributed by atoms with Gasteiger partial charge in [-0.2, -0.15) is 0 Å². The first-order chi connectivity index (χ1) is 12.5. The van der Waals surface area contributed by atoms with Crippen LogP contribution in [0.4, 0.5) is 13.2 Å². The van der Waals surface area contributed by atoms with Gasteiger partial charge in [-0.1, -0.05) is 49.7 Å². The van der Waals surface area contributed by atoms with Gasteiger partial charge in [0, 0.05) is 5.56 Å². The highest BCUT2D eigenvalue weighted by Gasteiger charge is 2.14. The molecule has 3 aromatic carbocycles. The fraction of sp³-hybridized carbons (Fsp3) is 0.136. The predicted octanol–water partition coefficient (Wildman–Crippen LogP) is 6.20. The molecule has 0 radical (unpaired) electrons. The molecule has 132 valence electrons. The summed E-state index contributed by atoms with van der Waals surface area (Å²) in [7, 11) is 0. The van der Waals surface area contributed by atoms with Gasteiger partial charge < -0.3 is 0 Å². The van der Waals surface area contributed by atoms with E-state index in [9.17, 15) is 18.0 Å². The topological polar surface area (TPSA) is 17.1 Å². The summed E-state index contributed by atoms with van der Waals surface area (Å²) >= 11 is 0. The summed E-state index contributed by atoms with van der Waals surface area (Å²) in [6.07, 6.45) is 2.15. The second-order valence-electron chi connectivity index (χ2n) is 6.11. The second kappa shape index (κ2) is 7.56. The SMILES string of the molecule is CCCc1ccc(-c2ccc(-c3cc(F)c(C=O)c(F)c3)c(F)c2)cc1. The van der Waals surface area contributed by atoms with Gasteiger partial charge in [-0.05, 0) is 46.9 Å². The number of rotatable bonds is 5. The van der Waals surface area contributed by atoms with E-state index < -0.39 is 23.0 Å². The van der Waals surface area contributed by atoms with Gasteiger partial charge in [0.25, 0.3) is 0 Å². The number of carbonyl (C=O) groups is 1. The number of hydrogen-bond acceptors (Lipinski definition) is 1. The summed E-state index contributed by atoms with van der Waals surface area (Å²) in [4.78, 5) is 10.7. The fourth-order valence-corrected chi connectivity index (χ4v) is 2.93. The van der Waals surface area contributed by atoms with Crippen LogP contribution in [-0.2, 0) is 6.42 Å². The van der Waals surface area contributed by atoms with Crippen LogP contribution < -0.4 is 0 Å². The molecule has 0 unspecified atom stereocenters. The molecule has 0 N–H and O–H groups in total. The van der Waals surface area contributed by atoms with Crippen LogP contribution in [0.5, 0.6) is 0 Å². The van der Waals surface area contributed by atoms with Crippen molar-refractivity contribution in [1.29, 1.82) is 0 Å². The molecular formula is C22H17F3O. The highest BCUT2D eigenvalue weighted by molar-refractivity contribution is 5.78. The van der Waals surface area contributed by atoms with E-state index in [0.717, 1.165) is 30.5 Å². The van der Waals surface area contributed by atoms with Gasteiger partial charge in [0.05, 0.1) is 5.56 Å². The third-order valence-corrected chi connectivity index (χ3v) is 4.30. The Morgan fingerprint density at radius 3 is 1.88 bits per heavy atom. The van der Waals surface area contributed by atoms with E-state index in [1.54, 1.807) is 6.07 Å². The lowest BCUT2D eigenvalue weighted by Crippen LogP contribution is -1.96. The van der Waals surface area contributed by atoms with Crippen LogP contribution in [0.2, 0.25) is 0 Å². The highest BCUT2D eigenvalue weighted by atomic mass is 19.1. The average Bonchev–Trinajstić information content (AvgIpc) is 2.62. The van der Waals surface area contributed by atoms with Crippen LogP contribution in [0, 0.1) is 17.5 Å². The maximum atomic E-state index is 14.6. The van der Waals surface area contributed by atoms with E-state index in [1.807, 2.05) is 24.3 Å². The Bertz CT molecular complexity index is 923. The van der Waals surface area contributed by atoms with Crippen LogP contribution in [-0.4, -0.2) is 6.29 Å².